The summed E-state index contributed by atoms with van der Waals surface area (Å²) < 4.78 is 6.05. The van der Waals surface area contributed by atoms with E-state index in [1.54, 1.807) is 30.3 Å². The Morgan fingerprint density at radius 2 is 1.88 bits per heavy atom. The number of benzene rings is 2. The van der Waals surface area contributed by atoms with Gasteiger partial charge in [-0.2, -0.15) is 0 Å². The molecule has 2 N–H and O–H groups in total. The van der Waals surface area contributed by atoms with Gasteiger partial charge in [-0.3, -0.25) is 9.69 Å². The first-order chi connectivity index (χ1) is 12.7. The first-order valence-corrected chi connectivity index (χ1v) is 9.02. The topological polar surface area (TPSA) is 65.6 Å². The van der Waals surface area contributed by atoms with Crippen molar-refractivity contribution >= 4 is 16.7 Å². The Morgan fingerprint density at radius 1 is 1.12 bits per heavy atom. The molecule has 0 amide bonds. The highest BCUT2D eigenvalue weighted by molar-refractivity contribution is 6.13. The van der Waals surface area contributed by atoms with Crippen molar-refractivity contribution in [1.82, 2.24) is 9.88 Å². The number of fused-ring (bicyclic) bond motifs is 1. The fraction of sp³-hybridized carbons (Fsp3) is 0.286. The minimum Gasteiger partial charge on any atom is -0.508 e. The van der Waals surface area contributed by atoms with Gasteiger partial charge >= 0.3 is 0 Å². The van der Waals surface area contributed by atoms with E-state index in [1.807, 2.05) is 18.2 Å². The van der Waals surface area contributed by atoms with Gasteiger partial charge in [-0.05, 0) is 44.1 Å². The third-order valence-electron chi connectivity index (χ3n) is 4.85. The average molecular weight is 350 g/mol. The molecule has 4 rings (SSSR count). The van der Waals surface area contributed by atoms with E-state index in [-0.39, 0.29) is 11.5 Å². The zero-order chi connectivity index (χ0) is 17.9. The quantitative estimate of drug-likeness (QED) is 0.667. The number of ether oxygens (including phenoxy) is 1. The zero-order valence-electron chi connectivity index (χ0n) is 14.6. The molecular formula is C21H22N2O3. The van der Waals surface area contributed by atoms with Crippen molar-refractivity contribution < 1.29 is 14.6 Å². The Bertz CT molecular complexity index is 912. The number of nitrogens with one attached hydrogen (secondary N) is 1. The molecule has 0 saturated carbocycles. The van der Waals surface area contributed by atoms with Crippen LogP contribution in [0.1, 0.15) is 28.9 Å². The molecule has 2 aromatic carbocycles. The lowest BCUT2D eigenvalue weighted by molar-refractivity contribution is 0.103. The summed E-state index contributed by atoms with van der Waals surface area (Å²) in [5, 5.41) is 10.6. The molecule has 0 radical (unpaired) electrons. The van der Waals surface area contributed by atoms with Gasteiger partial charge in [-0.1, -0.05) is 30.3 Å². The van der Waals surface area contributed by atoms with Crippen LogP contribution in [-0.2, 0) is 0 Å². The van der Waals surface area contributed by atoms with Crippen LogP contribution >= 0.6 is 0 Å². The standard InChI is InChI=1S/C21H22N2O3/c24-16-8-9-18-17(14-16)21(26-13-12-23-10-4-5-11-23)19(22-18)20(25)15-6-2-1-3-7-15/h1-3,6-9,14,22,24H,4-5,10-13H2. The largest absolute Gasteiger partial charge is 0.508 e. The van der Waals surface area contributed by atoms with E-state index in [0.717, 1.165) is 30.5 Å². The number of ketones is 1. The van der Waals surface area contributed by atoms with Crippen LogP contribution in [0, 0.1) is 0 Å². The van der Waals surface area contributed by atoms with E-state index >= 15 is 0 Å². The SMILES string of the molecule is O=C(c1ccccc1)c1[nH]c2ccc(O)cc2c1OCCN1CCCC1. The third-order valence-corrected chi connectivity index (χ3v) is 4.85. The second kappa shape index (κ2) is 7.22. The predicted molar refractivity (Wildman–Crippen MR) is 101 cm³/mol. The van der Waals surface area contributed by atoms with Crippen LogP contribution in [0.3, 0.4) is 0 Å². The fourth-order valence-corrected chi connectivity index (χ4v) is 3.48. The van der Waals surface area contributed by atoms with Gasteiger partial charge in [0.25, 0.3) is 0 Å². The Hall–Kier alpha value is -2.79. The summed E-state index contributed by atoms with van der Waals surface area (Å²) in [5.41, 5.74) is 1.81. The van der Waals surface area contributed by atoms with Crippen molar-refractivity contribution in [2.75, 3.05) is 26.2 Å². The number of phenolic OH excluding ortho intramolecular Hbond substituents is 1. The summed E-state index contributed by atoms with van der Waals surface area (Å²) in [5.74, 6) is 0.556. The van der Waals surface area contributed by atoms with Crippen molar-refractivity contribution in [1.29, 1.82) is 0 Å². The number of aromatic amines is 1. The molecule has 1 aromatic heterocycles. The molecule has 1 fully saturated rings. The minimum absolute atomic E-state index is 0.113. The lowest BCUT2D eigenvalue weighted by atomic mass is 10.1. The summed E-state index contributed by atoms with van der Waals surface area (Å²) in [7, 11) is 0. The Balaban J connectivity index is 1.65. The molecular weight excluding hydrogens is 328 g/mol. The van der Waals surface area contributed by atoms with Gasteiger partial charge < -0.3 is 14.8 Å². The lowest BCUT2D eigenvalue weighted by Gasteiger charge is -2.15. The number of phenols is 1. The molecule has 0 spiro atoms. The first kappa shape index (κ1) is 16.7. The van der Waals surface area contributed by atoms with Gasteiger partial charge in [0.05, 0.1) is 5.52 Å². The normalized spacial score (nSPS) is 14.8. The zero-order valence-corrected chi connectivity index (χ0v) is 14.6. The van der Waals surface area contributed by atoms with E-state index in [4.69, 9.17) is 4.74 Å². The van der Waals surface area contributed by atoms with Crippen LogP contribution in [0.15, 0.2) is 48.5 Å². The van der Waals surface area contributed by atoms with Crippen LogP contribution in [-0.4, -0.2) is 47.0 Å². The second-order valence-electron chi connectivity index (χ2n) is 6.65. The molecule has 5 heteroatoms. The maximum Gasteiger partial charge on any atom is 0.213 e. The number of hydrogen-bond donors (Lipinski definition) is 2. The minimum atomic E-state index is -0.113. The summed E-state index contributed by atoms with van der Waals surface area (Å²) >= 11 is 0. The molecule has 5 nitrogen and oxygen atoms in total. The van der Waals surface area contributed by atoms with E-state index in [2.05, 4.69) is 9.88 Å². The van der Waals surface area contributed by atoms with Crippen LogP contribution in [0.2, 0.25) is 0 Å². The third kappa shape index (κ3) is 3.30. The van der Waals surface area contributed by atoms with Crippen molar-refractivity contribution in [2.24, 2.45) is 0 Å². The van der Waals surface area contributed by atoms with Crippen LogP contribution < -0.4 is 4.74 Å². The van der Waals surface area contributed by atoms with Gasteiger partial charge in [0.2, 0.25) is 5.78 Å². The molecule has 1 aliphatic rings. The van der Waals surface area contributed by atoms with Gasteiger partial charge in [0.15, 0.2) is 5.75 Å². The monoisotopic (exact) mass is 350 g/mol. The Labute approximate surface area is 152 Å². The van der Waals surface area contributed by atoms with Gasteiger partial charge in [-0.15, -0.1) is 0 Å². The highest BCUT2D eigenvalue weighted by Gasteiger charge is 2.21. The van der Waals surface area contributed by atoms with Crippen LogP contribution in [0.5, 0.6) is 11.5 Å². The number of carbonyl (C=O) groups is 1. The average Bonchev–Trinajstić information content (AvgIpc) is 3.30. The molecule has 0 aliphatic carbocycles. The number of aromatic nitrogens is 1. The number of hydrogen-bond acceptors (Lipinski definition) is 4. The molecule has 3 aromatic rings. The van der Waals surface area contributed by atoms with Gasteiger partial charge in [0, 0.05) is 17.5 Å². The smallest absolute Gasteiger partial charge is 0.213 e. The number of carbonyl (C=O) groups excluding carboxylic acids is 1. The second-order valence-corrected chi connectivity index (χ2v) is 6.65. The number of likely N-dealkylation sites (tertiary alicyclic amines) is 1. The molecule has 0 unspecified atom stereocenters. The molecule has 26 heavy (non-hydrogen) atoms. The highest BCUT2D eigenvalue weighted by atomic mass is 16.5. The number of nitrogens with zero attached hydrogens (tertiary/aromatic N) is 1. The summed E-state index contributed by atoms with van der Waals surface area (Å²) in [4.78, 5) is 18.5. The lowest BCUT2D eigenvalue weighted by Crippen LogP contribution is -2.25. The van der Waals surface area contributed by atoms with Crippen molar-refractivity contribution in [3.63, 3.8) is 0 Å². The Kier molecular flexibility index (Phi) is 4.63. The van der Waals surface area contributed by atoms with Crippen molar-refractivity contribution in [2.45, 2.75) is 12.8 Å². The van der Waals surface area contributed by atoms with Crippen LogP contribution in [0.4, 0.5) is 0 Å². The number of aromatic hydroxyl groups is 1. The first-order valence-electron chi connectivity index (χ1n) is 9.02. The predicted octanol–water partition coefficient (Wildman–Crippen LogP) is 3.58. The molecule has 1 saturated heterocycles. The van der Waals surface area contributed by atoms with Crippen molar-refractivity contribution in [3.05, 3.63) is 59.8 Å². The fourth-order valence-electron chi connectivity index (χ4n) is 3.48. The van der Waals surface area contributed by atoms with E-state index in [9.17, 15) is 9.90 Å². The molecule has 2 heterocycles. The number of rotatable bonds is 6. The van der Waals surface area contributed by atoms with E-state index < -0.39 is 0 Å². The van der Waals surface area contributed by atoms with E-state index in [1.165, 1.54) is 12.8 Å². The summed E-state index contributed by atoms with van der Waals surface area (Å²) in [6.07, 6.45) is 2.47. The van der Waals surface area contributed by atoms with Crippen LogP contribution in [0.25, 0.3) is 10.9 Å². The molecule has 1 aliphatic heterocycles. The molecule has 0 bridgehead atoms. The van der Waals surface area contributed by atoms with E-state index in [0.29, 0.717) is 23.6 Å². The molecule has 0 atom stereocenters. The van der Waals surface area contributed by atoms with Gasteiger partial charge in [0.1, 0.15) is 18.1 Å². The maximum atomic E-state index is 13.0. The maximum absolute atomic E-state index is 13.0. The molecule has 134 valence electrons. The van der Waals surface area contributed by atoms with Gasteiger partial charge in [-0.25, -0.2) is 0 Å². The number of H-pyrrole nitrogens is 1. The summed E-state index contributed by atoms with van der Waals surface area (Å²) in [6, 6.07) is 14.2. The highest BCUT2D eigenvalue weighted by Crippen LogP contribution is 2.34. The Morgan fingerprint density at radius 3 is 2.65 bits per heavy atom. The summed E-state index contributed by atoms with van der Waals surface area (Å²) in [6.45, 7) is 3.56. The van der Waals surface area contributed by atoms with Crippen molar-refractivity contribution in [3.8, 4) is 11.5 Å².